The molecule has 2 unspecified atom stereocenters. The van der Waals surface area contributed by atoms with Crippen molar-refractivity contribution in [2.45, 2.75) is 22.7 Å². The van der Waals surface area contributed by atoms with Crippen molar-refractivity contribution >= 4 is 33.2 Å². The Morgan fingerprint density at radius 1 is 1.07 bits per heavy atom. The van der Waals surface area contributed by atoms with Gasteiger partial charge in [-0.3, -0.25) is 0 Å². The van der Waals surface area contributed by atoms with Crippen LogP contribution in [0.4, 0.5) is 0 Å². The molecule has 8 heteroatoms. The van der Waals surface area contributed by atoms with Gasteiger partial charge in [-0.25, -0.2) is 8.42 Å². The monoisotopic (exact) mass is 433 g/mol. The maximum atomic E-state index is 11.8. The van der Waals surface area contributed by atoms with Gasteiger partial charge in [-0.2, -0.15) is 0 Å². The van der Waals surface area contributed by atoms with Crippen molar-refractivity contribution in [2.75, 3.05) is 11.5 Å². The lowest BCUT2D eigenvalue weighted by molar-refractivity contribution is 0.599. The Bertz CT molecular complexity index is 1070. The average Bonchev–Trinajstić information content (AvgIpc) is 3.23. The van der Waals surface area contributed by atoms with Crippen molar-refractivity contribution in [3.63, 3.8) is 0 Å². The van der Waals surface area contributed by atoms with Crippen LogP contribution in [-0.4, -0.2) is 34.7 Å². The van der Waals surface area contributed by atoms with Gasteiger partial charge in [0.25, 0.3) is 0 Å². The lowest BCUT2D eigenvalue weighted by atomic mass is 10.0. The van der Waals surface area contributed by atoms with Gasteiger partial charge < -0.3 is 4.57 Å². The molecule has 0 bridgehead atoms. The summed E-state index contributed by atoms with van der Waals surface area (Å²) >= 11 is 7.67. The highest BCUT2D eigenvalue weighted by Crippen LogP contribution is 2.40. The van der Waals surface area contributed by atoms with Crippen LogP contribution in [0.15, 0.2) is 59.8 Å². The van der Waals surface area contributed by atoms with E-state index >= 15 is 0 Å². The first-order chi connectivity index (χ1) is 13.4. The zero-order valence-corrected chi connectivity index (χ0v) is 17.7. The predicted molar refractivity (Wildman–Crippen MR) is 113 cm³/mol. The molecular formula is C20H20ClN3O2S2. The fraction of sp³-hybridized carbons (Fsp3) is 0.300. The summed E-state index contributed by atoms with van der Waals surface area (Å²) in [5.74, 6) is 1.04. The molecule has 2 aromatic carbocycles. The third kappa shape index (κ3) is 4.11. The Morgan fingerprint density at radius 2 is 1.75 bits per heavy atom. The van der Waals surface area contributed by atoms with Crippen molar-refractivity contribution < 1.29 is 8.42 Å². The lowest BCUT2D eigenvalue weighted by Gasteiger charge is -2.17. The molecule has 1 aliphatic heterocycles. The molecular weight excluding hydrogens is 414 g/mol. The highest BCUT2D eigenvalue weighted by molar-refractivity contribution is 7.99. The van der Waals surface area contributed by atoms with E-state index in [1.165, 1.54) is 0 Å². The van der Waals surface area contributed by atoms with Crippen LogP contribution >= 0.6 is 23.4 Å². The first-order valence-electron chi connectivity index (χ1n) is 9.00. The van der Waals surface area contributed by atoms with E-state index in [9.17, 15) is 8.42 Å². The van der Waals surface area contributed by atoms with Crippen molar-refractivity contribution in [3.05, 3.63) is 76.6 Å². The average molecular weight is 434 g/mol. The summed E-state index contributed by atoms with van der Waals surface area (Å²) in [6.45, 7) is 0. The Hall–Kier alpha value is -1.83. The first kappa shape index (κ1) is 19.5. The molecule has 5 nitrogen and oxygen atoms in total. The molecule has 28 heavy (non-hydrogen) atoms. The van der Waals surface area contributed by atoms with Gasteiger partial charge in [0.2, 0.25) is 0 Å². The van der Waals surface area contributed by atoms with E-state index in [-0.39, 0.29) is 22.7 Å². The van der Waals surface area contributed by atoms with Gasteiger partial charge in [-0.15, -0.1) is 10.2 Å². The van der Waals surface area contributed by atoms with Gasteiger partial charge in [-0.1, -0.05) is 65.8 Å². The molecule has 1 saturated heterocycles. The van der Waals surface area contributed by atoms with Crippen LogP contribution < -0.4 is 0 Å². The molecule has 2 atom stereocenters. The number of sulfone groups is 1. The second kappa shape index (κ2) is 7.89. The molecule has 0 amide bonds. The van der Waals surface area contributed by atoms with Crippen LogP contribution in [0, 0.1) is 0 Å². The van der Waals surface area contributed by atoms with Gasteiger partial charge in [0.05, 0.1) is 16.8 Å². The van der Waals surface area contributed by atoms with E-state index < -0.39 is 9.84 Å². The second-order valence-corrected chi connectivity index (χ2v) is 10.7. The Balaban J connectivity index is 1.65. The van der Waals surface area contributed by atoms with Gasteiger partial charge in [0.15, 0.2) is 15.0 Å². The van der Waals surface area contributed by atoms with Gasteiger partial charge in [0, 0.05) is 18.0 Å². The number of nitrogens with zero attached hydrogens (tertiary/aromatic N) is 3. The summed E-state index contributed by atoms with van der Waals surface area (Å²) in [7, 11) is -1.06. The molecule has 3 aromatic rings. The van der Waals surface area contributed by atoms with Crippen LogP contribution in [0.1, 0.15) is 34.5 Å². The zero-order chi connectivity index (χ0) is 19.7. The topological polar surface area (TPSA) is 64.8 Å². The fourth-order valence-corrected chi connectivity index (χ4v) is 6.48. The molecule has 0 N–H and O–H groups in total. The van der Waals surface area contributed by atoms with Crippen molar-refractivity contribution in [3.8, 4) is 0 Å². The standard InChI is InChI=1S/C20H20ClN3O2S2/c1-24-19(16-11-12-28(25,26)13-16)22-23-20(24)27-18(14-5-3-2-4-6-14)15-7-9-17(21)10-8-15/h2-10,16,18H,11-13H2,1H3. The summed E-state index contributed by atoms with van der Waals surface area (Å²) in [6.07, 6.45) is 0.609. The molecule has 4 rings (SSSR count). The zero-order valence-electron chi connectivity index (χ0n) is 15.3. The first-order valence-corrected chi connectivity index (χ1v) is 12.1. The minimum absolute atomic E-state index is 0.0292. The lowest BCUT2D eigenvalue weighted by Crippen LogP contribution is -2.09. The molecule has 1 aliphatic rings. The normalized spacial score (nSPS) is 19.6. The molecule has 1 aromatic heterocycles. The number of halogens is 1. The minimum atomic E-state index is -2.96. The van der Waals surface area contributed by atoms with E-state index in [0.29, 0.717) is 11.4 Å². The summed E-state index contributed by atoms with van der Waals surface area (Å²) in [5, 5.41) is 10.2. The number of hydrogen-bond acceptors (Lipinski definition) is 5. The van der Waals surface area contributed by atoms with Crippen molar-refractivity contribution in [1.29, 1.82) is 0 Å². The maximum absolute atomic E-state index is 11.8. The third-order valence-corrected chi connectivity index (χ3v) is 8.33. The van der Waals surface area contributed by atoms with Gasteiger partial charge in [0.1, 0.15) is 5.82 Å². The molecule has 2 heterocycles. The summed E-state index contributed by atoms with van der Waals surface area (Å²) < 4.78 is 25.6. The summed E-state index contributed by atoms with van der Waals surface area (Å²) in [4.78, 5) is 0. The van der Waals surface area contributed by atoms with E-state index in [1.54, 1.807) is 11.8 Å². The number of aromatic nitrogens is 3. The Kier molecular flexibility index (Phi) is 5.49. The predicted octanol–water partition coefficient (Wildman–Crippen LogP) is 4.25. The number of thioether (sulfide) groups is 1. The quantitative estimate of drug-likeness (QED) is 0.562. The minimum Gasteiger partial charge on any atom is -0.309 e. The van der Waals surface area contributed by atoms with Crippen LogP contribution in [-0.2, 0) is 16.9 Å². The number of benzene rings is 2. The van der Waals surface area contributed by atoms with Crippen LogP contribution in [0.3, 0.4) is 0 Å². The second-order valence-electron chi connectivity index (χ2n) is 6.96. The van der Waals surface area contributed by atoms with Crippen molar-refractivity contribution in [1.82, 2.24) is 14.8 Å². The van der Waals surface area contributed by atoms with E-state index in [4.69, 9.17) is 11.6 Å². The maximum Gasteiger partial charge on any atom is 0.191 e. The van der Waals surface area contributed by atoms with Gasteiger partial charge >= 0.3 is 0 Å². The van der Waals surface area contributed by atoms with E-state index in [1.807, 2.05) is 54.1 Å². The molecule has 0 spiro atoms. The highest BCUT2D eigenvalue weighted by atomic mass is 35.5. The number of rotatable bonds is 5. The molecule has 1 fully saturated rings. The SMILES string of the molecule is Cn1c(SC(c2ccccc2)c2ccc(Cl)cc2)nnc1C1CCS(=O)(=O)C1. The third-order valence-electron chi connectivity index (χ3n) is 4.96. The molecule has 0 saturated carbocycles. The molecule has 0 aliphatic carbocycles. The summed E-state index contributed by atoms with van der Waals surface area (Å²) in [6, 6.07) is 18.0. The molecule has 146 valence electrons. The van der Waals surface area contributed by atoms with Crippen LogP contribution in [0.2, 0.25) is 5.02 Å². The van der Waals surface area contributed by atoms with Crippen molar-refractivity contribution in [2.24, 2.45) is 7.05 Å². The Labute approximate surface area is 174 Å². The van der Waals surface area contributed by atoms with E-state index in [2.05, 4.69) is 22.3 Å². The highest BCUT2D eigenvalue weighted by Gasteiger charge is 2.33. The fourth-order valence-electron chi connectivity index (χ4n) is 3.48. The molecule has 0 radical (unpaired) electrons. The van der Waals surface area contributed by atoms with Crippen LogP contribution in [0.25, 0.3) is 0 Å². The smallest absolute Gasteiger partial charge is 0.191 e. The van der Waals surface area contributed by atoms with Gasteiger partial charge in [-0.05, 0) is 29.7 Å². The summed E-state index contributed by atoms with van der Waals surface area (Å²) in [5.41, 5.74) is 2.27. The van der Waals surface area contributed by atoms with Crippen LogP contribution in [0.5, 0.6) is 0 Å². The Morgan fingerprint density at radius 3 is 2.39 bits per heavy atom. The number of hydrogen-bond donors (Lipinski definition) is 0. The largest absolute Gasteiger partial charge is 0.309 e. The van der Waals surface area contributed by atoms with E-state index in [0.717, 1.165) is 22.1 Å².